The van der Waals surface area contributed by atoms with Crippen molar-refractivity contribution >= 4 is 62.1 Å². The zero-order valence-corrected chi connectivity index (χ0v) is 44.0. The van der Waals surface area contributed by atoms with Gasteiger partial charge in [0.2, 0.25) is 0 Å². The molecule has 10 heterocycles. The molecule has 4 saturated heterocycles. The first kappa shape index (κ1) is 52.6. The second-order valence-electron chi connectivity index (χ2n) is 21.9. The Labute approximate surface area is 463 Å². The summed E-state index contributed by atoms with van der Waals surface area (Å²) in [4.78, 5) is 78.1. The number of carbonyl (C=O) groups is 3. The maximum Gasteiger partial charge on any atom is 0.412 e. The van der Waals surface area contributed by atoms with Gasteiger partial charge in [0.25, 0.3) is 11.5 Å². The summed E-state index contributed by atoms with van der Waals surface area (Å²) in [6.45, 7) is 5.40. The van der Waals surface area contributed by atoms with Crippen LogP contribution in [0.15, 0.2) is 65.6 Å². The van der Waals surface area contributed by atoms with E-state index < -0.39 is 83.6 Å². The van der Waals surface area contributed by atoms with E-state index in [0.717, 1.165) is 18.6 Å². The molecule has 7 aromatic rings. The van der Waals surface area contributed by atoms with Gasteiger partial charge < -0.3 is 43.9 Å². The van der Waals surface area contributed by atoms with Gasteiger partial charge in [0.15, 0.2) is 11.4 Å². The third-order valence-corrected chi connectivity index (χ3v) is 17.3. The van der Waals surface area contributed by atoms with Crippen molar-refractivity contribution in [3.05, 3.63) is 116 Å². The maximum atomic E-state index is 17.4. The van der Waals surface area contributed by atoms with Crippen molar-refractivity contribution in [2.45, 2.75) is 94.6 Å². The monoisotopic (exact) mass is 1120 g/mol. The second-order valence-corrected chi connectivity index (χ2v) is 21.9. The smallest absolute Gasteiger partial charge is 0.412 e. The Morgan fingerprint density at radius 3 is 2.55 bits per heavy atom. The summed E-state index contributed by atoms with van der Waals surface area (Å²) in [7, 11) is 0. The van der Waals surface area contributed by atoms with Crippen LogP contribution in [0.1, 0.15) is 73.3 Å². The molecule has 2 amide bonds. The van der Waals surface area contributed by atoms with Gasteiger partial charge in [-0.1, -0.05) is 25.5 Å². The number of pyridine rings is 3. The van der Waals surface area contributed by atoms with Gasteiger partial charge in [-0.05, 0) is 79.9 Å². The number of phenols is 1. The van der Waals surface area contributed by atoms with E-state index in [-0.39, 0.29) is 153 Å². The summed E-state index contributed by atoms with van der Waals surface area (Å²) in [5, 5.41) is 36.0. The van der Waals surface area contributed by atoms with Crippen LogP contribution in [0.3, 0.4) is 0 Å². The number of nitrogens with one attached hydrogen (secondary N) is 1. The number of halogens is 4. The minimum Gasteiger partial charge on any atom is -0.508 e. The minimum atomic E-state index is -2.07. The Balaban J connectivity index is 0.736. The zero-order chi connectivity index (χ0) is 57.3. The van der Waals surface area contributed by atoms with E-state index in [1.165, 1.54) is 41.1 Å². The van der Waals surface area contributed by atoms with E-state index in [2.05, 4.69) is 37.7 Å². The lowest BCUT2D eigenvalue weighted by Gasteiger charge is -2.42. The number of nitrogens with zero attached hydrogens (tertiary/aromatic N) is 8. The predicted molar refractivity (Wildman–Crippen MR) is 289 cm³/mol. The molecular formula is C59H51F4N9O10. The van der Waals surface area contributed by atoms with Crippen LogP contribution in [0.2, 0.25) is 0 Å². The standard InChI is InChI=1S/C59H51F4N9O10/c1-4-34-42(61)10-7-29-13-33(74)14-36(47(29)34)50-48(63)51-37(19-64-50)52(68-56(67-51)82-27-58-11-6-12-70(58)20-30(60)18-58)69-21-31-8-9-32(22-69)72(31)53(75)28(3)25-81-57(78)66-45-15-35-39(24-73)38-23-71-46(49(38)65-44(35)17-43(45)62)16-41-40(54(71)76)26-80-55(77)59(41,79)5-2/h1,7,10,13-17,19,30-32,73-74,79H,3,5-6,8-9,11-12,18,20-27H2,2H3,(H,66,78)/t30-,31?,32?,58+,59+/m1/s1. The number of phenolic OH excluding ortho intramolecular Hbond substituents is 1. The number of rotatable bonds is 11. The number of hydrogen-bond acceptors (Lipinski definition) is 16. The lowest BCUT2D eigenvalue weighted by molar-refractivity contribution is -0.172. The SMILES string of the molecule is C#Cc1c(F)ccc2cc(O)cc(-c3ncc4c(N5CC6CCC(C5)N6C(=O)C(=C)COC(=O)Nc5cc6c(CO)c7c(nc6cc5F)-c5cc6c(c(=O)n5C7)COC(=O)[C@]6(O)CC)nc(OC[C@@]56CCCN5C[C@H](F)C6)nc4c3F)c12. The normalized spacial score (nSPS) is 22.5. The van der Waals surface area contributed by atoms with E-state index in [0.29, 0.717) is 36.8 Å². The van der Waals surface area contributed by atoms with Crippen LogP contribution < -0.4 is 20.5 Å². The van der Waals surface area contributed by atoms with Crippen molar-refractivity contribution < 1.29 is 61.5 Å². The molecule has 2 unspecified atom stereocenters. The van der Waals surface area contributed by atoms with Gasteiger partial charge in [-0.2, -0.15) is 9.97 Å². The molecule has 23 heteroatoms. The van der Waals surface area contributed by atoms with Gasteiger partial charge in [-0.3, -0.25) is 24.8 Å². The van der Waals surface area contributed by atoms with E-state index in [1.54, 1.807) is 11.8 Å². The Morgan fingerprint density at radius 1 is 1.00 bits per heavy atom. The van der Waals surface area contributed by atoms with E-state index in [1.807, 2.05) is 4.90 Å². The number of ether oxygens (including phenoxy) is 3. The largest absolute Gasteiger partial charge is 0.508 e. The third-order valence-electron chi connectivity index (χ3n) is 17.3. The van der Waals surface area contributed by atoms with Crippen molar-refractivity contribution in [3.8, 4) is 46.7 Å². The number of aliphatic hydroxyl groups is 2. The van der Waals surface area contributed by atoms with Crippen LogP contribution in [0.25, 0.3) is 55.2 Å². The fourth-order valence-electron chi connectivity index (χ4n) is 13.3. The van der Waals surface area contributed by atoms with Crippen LogP contribution in [-0.2, 0) is 44.4 Å². The Morgan fingerprint density at radius 2 is 1.79 bits per heavy atom. The van der Waals surface area contributed by atoms with Gasteiger partial charge in [0.1, 0.15) is 60.4 Å². The number of amides is 2. The molecule has 0 spiro atoms. The first-order chi connectivity index (χ1) is 39.4. The molecule has 4 aromatic heterocycles. The van der Waals surface area contributed by atoms with Crippen molar-refractivity contribution in [2.75, 3.05) is 49.6 Å². The van der Waals surface area contributed by atoms with Crippen LogP contribution in [0.4, 0.5) is 33.9 Å². The summed E-state index contributed by atoms with van der Waals surface area (Å²) in [6.07, 6.45) is 7.80. The summed E-state index contributed by atoms with van der Waals surface area (Å²) in [5.74, 6) is -1.62. The highest BCUT2D eigenvalue weighted by Crippen LogP contribution is 2.45. The number of anilines is 2. The molecule has 0 saturated carbocycles. The van der Waals surface area contributed by atoms with E-state index in [9.17, 15) is 38.9 Å². The molecule has 82 heavy (non-hydrogen) atoms. The lowest BCUT2D eigenvalue weighted by Crippen LogP contribution is -2.56. The number of aromatic hydroxyl groups is 1. The molecule has 4 fully saturated rings. The van der Waals surface area contributed by atoms with E-state index in [4.69, 9.17) is 25.6 Å². The molecule has 13 rings (SSSR count). The molecule has 19 nitrogen and oxygen atoms in total. The maximum absolute atomic E-state index is 17.4. The highest BCUT2D eigenvalue weighted by Gasteiger charge is 2.50. The quantitative estimate of drug-likeness (QED) is 0.0453. The van der Waals surface area contributed by atoms with Gasteiger partial charge in [0.05, 0.1) is 69.9 Å². The molecule has 0 aliphatic carbocycles. The van der Waals surface area contributed by atoms with Gasteiger partial charge in [0, 0.05) is 71.4 Å². The van der Waals surface area contributed by atoms with Crippen LogP contribution in [-0.4, -0.2) is 131 Å². The van der Waals surface area contributed by atoms with Crippen molar-refractivity contribution in [3.63, 3.8) is 0 Å². The molecule has 2 bridgehead atoms. The van der Waals surface area contributed by atoms with E-state index >= 15 is 13.2 Å². The van der Waals surface area contributed by atoms with Gasteiger partial charge >= 0.3 is 18.1 Å². The first-order valence-electron chi connectivity index (χ1n) is 26.8. The number of carbonyl (C=O) groups excluding carboxylic acids is 3. The fraction of sp³-hybridized carbons (Fsp3) is 0.356. The average molecular weight is 1120 g/mol. The van der Waals surface area contributed by atoms with Gasteiger partial charge in [-0.25, -0.2) is 32.1 Å². The molecule has 4 N–H and O–H groups in total. The zero-order valence-electron chi connectivity index (χ0n) is 44.0. The molecule has 5 atom stereocenters. The fourth-order valence-corrected chi connectivity index (χ4v) is 13.3. The number of aromatic nitrogens is 5. The number of terminal acetylenes is 1. The Bertz CT molecular complexity index is 4080. The van der Waals surface area contributed by atoms with Crippen molar-refractivity contribution in [1.82, 2.24) is 34.3 Å². The van der Waals surface area contributed by atoms with Crippen LogP contribution in [0.5, 0.6) is 11.8 Å². The van der Waals surface area contributed by atoms with Crippen LogP contribution >= 0.6 is 0 Å². The highest BCUT2D eigenvalue weighted by atomic mass is 19.1. The molecule has 420 valence electrons. The summed E-state index contributed by atoms with van der Waals surface area (Å²) >= 11 is 0. The average Bonchev–Trinajstić information content (AvgIpc) is 2.51. The Hall–Kier alpha value is -8.72. The number of hydrogen-bond donors (Lipinski definition) is 4. The third kappa shape index (κ3) is 8.19. The first-order valence-corrected chi connectivity index (χ1v) is 26.8. The molecular weight excluding hydrogens is 1070 g/mol. The topological polar surface area (TPSA) is 235 Å². The molecule has 0 radical (unpaired) electrons. The molecule has 3 aromatic carbocycles. The highest BCUT2D eigenvalue weighted by molar-refractivity contribution is 6.03. The summed E-state index contributed by atoms with van der Waals surface area (Å²) in [6, 6.07) is 7.97. The summed E-state index contributed by atoms with van der Waals surface area (Å²) in [5.41, 5.74) is -2.73. The molecule has 6 aliphatic heterocycles. The minimum absolute atomic E-state index is 0.0208. The summed E-state index contributed by atoms with van der Waals surface area (Å²) < 4.78 is 81.5. The number of benzene rings is 3. The number of esters is 1. The number of cyclic esters (lactones) is 1. The predicted octanol–water partition coefficient (Wildman–Crippen LogP) is 6.77. The van der Waals surface area contributed by atoms with Crippen LogP contribution in [0, 0.1) is 29.8 Å². The second kappa shape index (κ2) is 19.5. The van der Waals surface area contributed by atoms with Crippen molar-refractivity contribution in [2.24, 2.45) is 0 Å². The number of alkyl halides is 1. The number of fused-ring (bicyclic) bond motifs is 10. The molecule has 6 aliphatic rings. The number of piperazine rings is 1. The van der Waals surface area contributed by atoms with Gasteiger partial charge in [-0.15, -0.1) is 6.42 Å². The Kier molecular flexibility index (Phi) is 12.5. The number of aliphatic hydroxyl groups excluding tert-OH is 1. The lowest BCUT2D eigenvalue weighted by atomic mass is 9.86. The van der Waals surface area contributed by atoms with Crippen molar-refractivity contribution in [1.29, 1.82) is 0 Å².